The minimum Gasteiger partial charge on any atom is -0.441 e. The number of aromatic nitrogens is 1. The fraction of sp³-hybridized carbons (Fsp3) is 0.263. The number of aryl methyl sites for hydroxylation is 2. The van der Waals surface area contributed by atoms with Crippen molar-refractivity contribution in [2.45, 2.75) is 26.1 Å². The van der Waals surface area contributed by atoms with Crippen molar-refractivity contribution in [3.63, 3.8) is 0 Å². The zero-order chi connectivity index (χ0) is 18.5. The molecule has 0 saturated carbocycles. The Hall–Kier alpha value is -2.25. The number of oxazole rings is 1. The van der Waals surface area contributed by atoms with E-state index >= 15 is 0 Å². The van der Waals surface area contributed by atoms with Crippen LogP contribution in [-0.2, 0) is 27.9 Å². The van der Waals surface area contributed by atoms with Gasteiger partial charge in [0.25, 0.3) is 0 Å². The maximum atomic E-state index is 12.3. The van der Waals surface area contributed by atoms with E-state index in [-0.39, 0.29) is 17.4 Å². The van der Waals surface area contributed by atoms with Crippen molar-refractivity contribution in [2.75, 3.05) is 5.75 Å². The van der Waals surface area contributed by atoms with Crippen LogP contribution in [0.25, 0.3) is 11.5 Å². The molecule has 0 fully saturated rings. The molecule has 1 atom stereocenters. The summed E-state index contributed by atoms with van der Waals surface area (Å²) in [4.78, 5) is 17.5. The summed E-state index contributed by atoms with van der Waals surface area (Å²) in [7, 11) is -1.34. The lowest BCUT2D eigenvalue weighted by Crippen LogP contribution is -2.28. The highest BCUT2D eigenvalue weighted by Crippen LogP contribution is 2.22. The third-order valence-electron chi connectivity index (χ3n) is 3.82. The van der Waals surface area contributed by atoms with E-state index in [1.807, 2.05) is 48.7 Å². The van der Waals surface area contributed by atoms with Gasteiger partial charge in [0.2, 0.25) is 11.8 Å². The first-order valence-corrected chi connectivity index (χ1v) is 10.6. The number of hydrogen-bond donors (Lipinski definition) is 1. The molecule has 0 spiro atoms. The summed E-state index contributed by atoms with van der Waals surface area (Å²) in [6.45, 7) is 4.28. The van der Waals surface area contributed by atoms with Crippen LogP contribution in [0.1, 0.15) is 21.9 Å². The Labute approximate surface area is 158 Å². The van der Waals surface area contributed by atoms with Crippen LogP contribution in [-0.4, -0.2) is 20.9 Å². The van der Waals surface area contributed by atoms with E-state index < -0.39 is 10.8 Å². The van der Waals surface area contributed by atoms with Gasteiger partial charge in [-0.3, -0.25) is 9.00 Å². The van der Waals surface area contributed by atoms with Crippen molar-refractivity contribution in [3.05, 3.63) is 63.7 Å². The van der Waals surface area contributed by atoms with E-state index in [0.29, 0.717) is 23.9 Å². The van der Waals surface area contributed by atoms with Crippen LogP contribution in [0.4, 0.5) is 0 Å². The van der Waals surface area contributed by atoms with Crippen molar-refractivity contribution in [3.8, 4) is 11.5 Å². The summed E-state index contributed by atoms with van der Waals surface area (Å²) in [5.74, 6) is 1.08. The zero-order valence-electron chi connectivity index (χ0n) is 14.7. The molecule has 1 aromatic carbocycles. The van der Waals surface area contributed by atoms with E-state index in [1.54, 1.807) is 18.3 Å². The molecule has 136 valence electrons. The Morgan fingerprint density at radius 2 is 2.00 bits per heavy atom. The summed E-state index contributed by atoms with van der Waals surface area (Å²) in [5.41, 5.74) is 2.67. The van der Waals surface area contributed by atoms with Gasteiger partial charge < -0.3 is 9.73 Å². The highest BCUT2D eigenvalue weighted by Gasteiger charge is 2.16. The molecule has 1 amide bonds. The van der Waals surface area contributed by atoms with Crippen molar-refractivity contribution < 1.29 is 13.4 Å². The normalized spacial score (nSPS) is 12.1. The highest BCUT2D eigenvalue weighted by atomic mass is 32.2. The fourth-order valence-corrected chi connectivity index (χ4v) is 4.10. The first kappa shape index (κ1) is 18.5. The van der Waals surface area contributed by atoms with Gasteiger partial charge in [0.15, 0.2) is 0 Å². The van der Waals surface area contributed by atoms with E-state index in [9.17, 15) is 9.00 Å². The van der Waals surface area contributed by atoms with Crippen LogP contribution in [0, 0.1) is 13.8 Å². The number of benzene rings is 1. The first-order chi connectivity index (χ1) is 12.5. The van der Waals surface area contributed by atoms with Gasteiger partial charge in [-0.25, -0.2) is 4.98 Å². The molecule has 1 unspecified atom stereocenters. The molecule has 3 aromatic rings. The summed E-state index contributed by atoms with van der Waals surface area (Å²) in [6, 6.07) is 11.8. The molecule has 0 saturated heterocycles. The van der Waals surface area contributed by atoms with Gasteiger partial charge in [-0.15, -0.1) is 11.3 Å². The zero-order valence-corrected chi connectivity index (χ0v) is 16.3. The molecular formula is C19H20N2O3S2. The van der Waals surface area contributed by atoms with E-state index in [2.05, 4.69) is 10.3 Å². The molecule has 7 heteroatoms. The molecule has 0 radical (unpaired) electrons. The van der Waals surface area contributed by atoms with Crippen LogP contribution in [0.3, 0.4) is 0 Å². The van der Waals surface area contributed by atoms with Crippen LogP contribution in [0.5, 0.6) is 0 Å². The number of hydrogen-bond acceptors (Lipinski definition) is 5. The Balaban J connectivity index is 1.57. The molecule has 0 bridgehead atoms. The number of nitrogens with one attached hydrogen (secondary N) is 1. The molecule has 5 nitrogen and oxygen atoms in total. The quantitative estimate of drug-likeness (QED) is 0.671. The fourth-order valence-electron chi connectivity index (χ4n) is 2.38. The number of carbonyl (C=O) groups excluding carboxylic acids is 1. The lowest BCUT2D eigenvalue weighted by Gasteiger charge is -2.03. The number of rotatable bonds is 7. The SMILES string of the molecule is Cc1ccc(-c2nc(CS(=O)CC(=O)NCc3cccs3)c(C)o2)cc1. The Morgan fingerprint density at radius 1 is 1.23 bits per heavy atom. The van der Waals surface area contributed by atoms with Crippen LogP contribution >= 0.6 is 11.3 Å². The van der Waals surface area contributed by atoms with Crippen molar-refractivity contribution in [1.29, 1.82) is 0 Å². The Bertz CT molecular complexity index is 900. The van der Waals surface area contributed by atoms with E-state index in [0.717, 1.165) is 16.0 Å². The van der Waals surface area contributed by atoms with Gasteiger partial charge in [-0.1, -0.05) is 23.8 Å². The second-order valence-corrected chi connectivity index (χ2v) is 8.46. The van der Waals surface area contributed by atoms with Crippen molar-refractivity contribution in [1.82, 2.24) is 10.3 Å². The van der Waals surface area contributed by atoms with Gasteiger partial charge >= 0.3 is 0 Å². The Morgan fingerprint density at radius 3 is 2.69 bits per heavy atom. The number of carbonyl (C=O) groups is 1. The monoisotopic (exact) mass is 388 g/mol. The van der Waals surface area contributed by atoms with Crippen LogP contribution < -0.4 is 5.32 Å². The minimum absolute atomic E-state index is 0.0441. The molecule has 0 aliphatic carbocycles. The van der Waals surface area contributed by atoms with Gasteiger partial charge in [0, 0.05) is 21.2 Å². The average Bonchev–Trinajstić information content (AvgIpc) is 3.24. The third-order valence-corrected chi connectivity index (χ3v) is 5.88. The third kappa shape index (κ3) is 4.89. The molecule has 2 heterocycles. The Kier molecular flexibility index (Phi) is 6.00. The predicted molar refractivity (Wildman–Crippen MR) is 104 cm³/mol. The van der Waals surface area contributed by atoms with Crippen molar-refractivity contribution in [2.24, 2.45) is 0 Å². The number of amides is 1. The smallest absolute Gasteiger partial charge is 0.232 e. The topological polar surface area (TPSA) is 72.2 Å². The van der Waals surface area contributed by atoms with Crippen molar-refractivity contribution >= 4 is 28.0 Å². The molecule has 0 aliphatic heterocycles. The van der Waals surface area contributed by atoms with Crippen LogP contribution in [0.2, 0.25) is 0 Å². The number of thiophene rings is 1. The van der Waals surface area contributed by atoms with Crippen LogP contribution in [0.15, 0.2) is 46.2 Å². The van der Waals surface area contributed by atoms with E-state index in [1.165, 1.54) is 0 Å². The summed E-state index contributed by atoms with van der Waals surface area (Å²) >= 11 is 1.58. The summed E-state index contributed by atoms with van der Waals surface area (Å²) < 4.78 is 18.0. The molecule has 0 aliphatic rings. The van der Waals surface area contributed by atoms with E-state index in [4.69, 9.17) is 4.42 Å². The highest BCUT2D eigenvalue weighted by molar-refractivity contribution is 7.84. The summed E-state index contributed by atoms with van der Waals surface area (Å²) in [5, 5.41) is 4.74. The minimum atomic E-state index is -1.34. The molecule has 1 N–H and O–H groups in total. The molecule has 26 heavy (non-hydrogen) atoms. The molecule has 2 aromatic heterocycles. The van der Waals surface area contributed by atoms with Gasteiger partial charge in [-0.05, 0) is 37.4 Å². The maximum absolute atomic E-state index is 12.3. The van der Waals surface area contributed by atoms with Gasteiger partial charge in [-0.2, -0.15) is 0 Å². The lowest BCUT2D eigenvalue weighted by molar-refractivity contribution is -0.118. The molecule has 3 rings (SSSR count). The predicted octanol–water partition coefficient (Wildman–Crippen LogP) is 3.59. The largest absolute Gasteiger partial charge is 0.441 e. The lowest BCUT2D eigenvalue weighted by atomic mass is 10.1. The van der Waals surface area contributed by atoms with Gasteiger partial charge in [0.1, 0.15) is 11.5 Å². The summed E-state index contributed by atoms with van der Waals surface area (Å²) in [6.07, 6.45) is 0. The van der Waals surface area contributed by atoms with Gasteiger partial charge in [0.05, 0.1) is 18.0 Å². The first-order valence-electron chi connectivity index (χ1n) is 8.18. The maximum Gasteiger partial charge on any atom is 0.232 e. The molecular weight excluding hydrogens is 368 g/mol. The average molecular weight is 389 g/mol. The second-order valence-electron chi connectivity index (χ2n) is 5.97. The standard InChI is InChI=1S/C19H20N2O3S2/c1-13-5-7-15(8-6-13)19-21-17(14(2)24-19)11-26(23)12-18(22)20-10-16-4-3-9-25-16/h3-9H,10-12H2,1-2H3,(H,20,22). The number of nitrogens with zero attached hydrogens (tertiary/aromatic N) is 1. The second kappa shape index (κ2) is 8.42.